The molecule has 4 atom stereocenters. The van der Waals surface area contributed by atoms with Crippen molar-refractivity contribution in [2.24, 2.45) is 23.5 Å². The minimum atomic E-state index is 0.371. The standard InChI is InChI=1S/C18H28N2/c1-13-5-3-4-6-17(13)18(11-19)20(2)12-16-10-14-7-8-15(16)9-14/h3-6,14-16,18H,7-12,19H2,1-2H3. The number of nitrogens with zero attached hydrogens (tertiary/aromatic N) is 1. The molecule has 0 aromatic heterocycles. The fraction of sp³-hybridized carbons (Fsp3) is 0.667. The first-order valence-electron chi connectivity index (χ1n) is 8.15. The van der Waals surface area contributed by atoms with Crippen LogP contribution in [0, 0.1) is 24.7 Å². The highest BCUT2D eigenvalue weighted by atomic mass is 15.1. The minimum absolute atomic E-state index is 0.371. The van der Waals surface area contributed by atoms with Gasteiger partial charge in [-0.3, -0.25) is 4.90 Å². The second kappa shape index (κ2) is 5.87. The van der Waals surface area contributed by atoms with Crippen molar-refractivity contribution in [3.05, 3.63) is 35.4 Å². The Labute approximate surface area is 123 Å². The first kappa shape index (κ1) is 14.1. The average molecular weight is 272 g/mol. The molecule has 2 aliphatic rings. The van der Waals surface area contributed by atoms with Crippen molar-refractivity contribution in [1.29, 1.82) is 0 Å². The van der Waals surface area contributed by atoms with Gasteiger partial charge in [-0.15, -0.1) is 0 Å². The fourth-order valence-electron chi connectivity index (χ4n) is 4.60. The Kier molecular flexibility index (Phi) is 4.13. The van der Waals surface area contributed by atoms with Gasteiger partial charge >= 0.3 is 0 Å². The highest BCUT2D eigenvalue weighted by Gasteiger charge is 2.40. The Morgan fingerprint density at radius 3 is 2.65 bits per heavy atom. The van der Waals surface area contributed by atoms with Crippen LogP contribution < -0.4 is 5.73 Å². The summed E-state index contributed by atoms with van der Waals surface area (Å²) in [5.74, 6) is 2.95. The number of hydrogen-bond acceptors (Lipinski definition) is 2. The second-order valence-electron chi connectivity index (χ2n) is 6.98. The van der Waals surface area contributed by atoms with Crippen LogP contribution in [0.5, 0.6) is 0 Å². The zero-order chi connectivity index (χ0) is 14.1. The lowest BCUT2D eigenvalue weighted by atomic mass is 9.88. The Morgan fingerprint density at radius 1 is 1.25 bits per heavy atom. The first-order valence-corrected chi connectivity index (χ1v) is 8.15. The van der Waals surface area contributed by atoms with Gasteiger partial charge in [-0.1, -0.05) is 30.7 Å². The summed E-state index contributed by atoms with van der Waals surface area (Å²) < 4.78 is 0. The number of nitrogens with two attached hydrogens (primary N) is 1. The van der Waals surface area contributed by atoms with E-state index < -0.39 is 0 Å². The number of aryl methyl sites for hydroxylation is 1. The molecule has 1 aromatic carbocycles. The van der Waals surface area contributed by atoms with Gasteiger partial charge in [-0.05, 0) is 62.1 Å². The van der Waals surface area contributed by atoms with Crippen molar-refractivity contribution in [1.82, 2.24) is 4.90 Å². The third-order valence-electron chi connectivity index (χ3n) is 5.71. The maximum absolute atomic E-state index is 6.08. The summed E-state index contributed by atoms with van der Waals surface area (Å²) in [5, 5.41) is 0. The monoisotopic (exact) mass is 272 g/mol. The molecule has 0 spiro atoms. The molecule has 0 radical (unpaired) electrons. The average Bonchev–Trinajstić information content (AvgIpc) is 3.04. The fourth-order valence-corrected chi connectivity index (χ4v) is 4.60. The Balaban J connectivity index is 1.68. The summed E-state index contributed by atoms with van der Waals surface area (Å²) in [6, 6.07) is 9.06. The molecule has 110 valence electrons. The Hall–Kier alpha value is -0.860. The third-order valence-corrected chi connectivity index (χ3v) is 5.71. The molecule has 0 aliphatic heterocycles. The molecular formula is C18H28N2. The molecule has 0 heterocycles. The van der Waals surface area contributed by atoms with E-state index in [2.05, 4.69) is 43.1 Å². The van der Waals surface area contributed by atoms with Gasteiger partial charge in [-0.2, -0.15) is 0 Å². The molecule has 2 aliphatic carbocycles. The molecule has 2 bridgehead atoms. The molecule has 3 rings (SSSR count). The molecule has 2 saturated carbocycles. The summed E-state index contributed by atoms with van der Waals surface area (Å²) in [4.78, 5) is 2.51. The van der Waals surface area contributed by atoms with Crippen LogP contribution in [0.15, 0.2) is 24.3 Å². The highest BCUT2D eigenvalue weighted by molar-refractivity contribution is 5.29. The van der Waals surface area contributed by atoms with Gasteiger partial charge in [0.2, 0.25) is 0 Å². The number of benzene rings is 1. The predicted molar refractivity (Wildman–Crippen MR) is 84.5 cm³/mol. The molecule has 0 saturated heterocycles. The maximum atomic E-state index is 6.08. The molecule has 2 fully saturated rings. The lowest BCUT2D eigenvalue weighted by Gasteiger charge is -2.33. The molecule has 1 aromatic rings. The van der Waals surface area contributed by atoms with E-state index in [-0.39, 0.29) is 0 Å². The van der Waals surface area contributed by atoms with E-state index >= 15 is 0 Å². The van der Waals surface area contributed by atoms with E-state index in [1.54, 1.807) is 0 Å². The minimum Gasteiger partial charge on any atom is -0.329 e. The number of hydrogen-bond donors (Lipinski definition) is 1. The van der Waals surface area contributed by atoms with Crippen molar-refractivity contribution in [2.45, 2.75) is 38.6 Å². The normalized spacial score (nSPS) is 30.1. The Morgan fingerprint density at radius 2 is 2.05 bits per heavy atom. The highest BCUT2D eigenvalue weighted by Crippen LogP contribution is 2.48. The van der Waals surface area contributed by atoms with Crippen molar-refractivity contribution in [3.8, 4) is 0 Å². The van der Waals surface area contributed by atoms with Crippen LogP contribution in [0.3, 0.4) is 0 Å². The van der Waals surface area contributed by atoms with Gasteiger partial charge in [0.05, 0.1) is 0 Å². The smallest absolute Gasteiger partial charge is 0.0470 e. The number of likely N-dealkylation sites (N-methyl/N-ethyl adjacent to an activating group) is 1. The zero-order valence-electron chi connectivity index (χ0n) is 12.9. The van der Waals surface area contributed by atoms with Crippen LogP contribution in [-0.4, -0.2) is 25.0 Å². The van der Waals surface area contributed by atoms with Crippen LogP contribution in [-0.2, 0) is 0 Å². The van der Waals surface area contributed by atoms with Crippen LogP contribution in [0.25, 0.3) is 0 Å². The second-order valence-corrected chi connectivity index (χ2v) is 6.98. The maximum Gasteiger partial charge on any atom is 0.0470 e. The first-order chi connectivity index (χ1) is 9.69. The summed E-state index contributed by atoms with van der Waals surface area (Å²) in [7, 11) is 2.26. The molecule has 2 heteroatoms. The number of fused-ring (bicyclic) bond motifs is 2. The molecule has 0 amide bonds. The molecular weight excluding hydrogens is 244 g/mol. The van der Waals surface area contributed by atoms with Crippen LogP contribution in [0.1, 0.15) is 42.9 Å². The summed E-state index contributed by atoms with van der Waals surface area (Å²) in [6.45, 7) is 4.13. The lowest BCUT2D eigenvalue weighted by Crippen LogP contribution is -2.36. The van der Waals surface area contributed by atoms with Crippen LogP contribution in [0.2, 0.25) is 0 Å². The summed E-state index contributed by atoms with van der Waals surface area (Å²) in [6.07, 6.45) is 5.92. The van der Waals surface area contributed by atoms with Gasteiger partial charge in [0, 0.05) is 19.1 Å². The van der Waals surface area contributed by atoms with E-state index in [0.29, 0.717) is 12.6 Å². The Bertz CT molecular complexity index is 456. The quantitative estimate of drug-likeness (QED) is 0.890. The van der Waals surface area contributed by atoms with E-state index in [9.17, 15) is 0 Å². The molecule has 2 nitrogen and oxygen atoms in total. The van der Waals surface area contributed by atoms with Crippen molar-refractivity contribution in [2.75, 3.05) is 20.1 Å². The van der Waals surface area contributed by atoms with Gasteiger partial charge in [0.1, 0.15) is 0 Å². The predicted octanol–water partition coefficient (Wildman–Crippen LogP) is 3.36. The van der Waals surface area contributed by atoms with Gasteiger partial charge in [-0.25, -0.2) is 0 Å². The van der Waals surface area contributed by atoms with E-state index in [0.717, 1.165) is 17.8 Å². The summed E-state index contributed by atoms with van der Waals surface area (Å²) >= 11 is 0. The largest absolute Gasteiger partial charge is 0.329 e. The zero-order valence-corrected chi connectivity index (χ0v) is 12.9. The number of rotatable bonds is 5. The van der Waals surface area contributed by atoms with Gasteiger partial charge in [0.15, 0.2) is 0 Å². The van der Waals surface area contributed by atoms with Crippen molar-refractivity contribution < 1.29 is 0 Å². The van der Waals surface area contributed by atoms with Crippen LogP contribution in [0.4, 0.5) is 0 Å². The topological polar surface area (TPSA) is 29.3 Å². The van der Waals surface area contributed by atoms with E-state index in [1.807, 2.05) is 0 Å². The third kappa shape index (κ3) is 2.64. The van der Waals surface area contributed by atoms with Crippen LogP contribution >= 0.6 is 0 Å². The lowest BCUT2D eigenvalue weighted by molar-refractivity contribution is 0.175. The van der Waals surface area contributed by atoms with E-state index in [4.69, 9.17) is 5.73 Å². The molecule has 2 N–H and O–H groups in total. The van der Waals surface area contributed by atoms with Crippen molar-refractivity contribution >= 4 is 0 Å². The summed E-state index contributed by atoms with van der Waals surface area (Å²) in [5.41, 5.74) is 8.85. The van der Waals surface area contributed by atoms with Gasteiger partial charge < -0.3 is 5.73 Å². The molecule has 4 unspecified atom stereocenters. The van der Waals surface area contributed by atoms with Crippen molar-refractivity contribution in [3.63, 3.8) is 0 Å². The van der Waals surface area contributed by atoms with Gasteiger partial charge in [0.25, 0.3) is 0 Å². The SMILES string of the molecule is Cc1ccccc1C(CN)N(C)CC1CC2CCC1C2. The molecule has 20 heavy (non-hydrogen) atoms. The van der Waals surface area contributed by atoms with E-state index in [1.165, 1.54) is 43.4 Å².